The van der Waals surface area contributed by atoms with Gasteiger partial charge in [-0.15, -0.1) is 0 Å². The molecule has 0 bridgehead atoms. The highest BCUT2D eigenvalue weighted by molar-refractivity contribution is 7.90. The highest BCUT2D eigenvalue weighted by Crippen LogP contribution is 2.45. The van der Waals surface area contributed by atoms with E-state index in [1.165, 1.54) is 23.1 Å². The summed E-state index contributed by atoms with van der Waals surface area (Å²) in [7, 11) is -1.75. The number of sulfone groups is 1. The quantitative estimate of drug-likeness (QED) is 0.563. The third-order valence-corrected chi connectivity index (χ3v) is 7.46. The van der Waals surface area contributed by atoms with Crippen molar-refractivity contribution in [2.75, 3.05) is 13.3 Å². The maximum absolute atomic E-state index is 13.5. The van der Waals surface area contributed by atoms with Crippen LogP contribution in [-0.4, -0.2) is 43.6 Å². The number of carbonyl (C=O) groups is 1. The molecule has 2 unspecified atom stereocenters. The molecule has 176 valence electrons. The van der Waals surface area contributed by atoms with Gasteiger partial charge >= 0.3 is 0 Å². The summed E-state index contributed by atoms with van der Waals surface area (Å²) >= 11 is 0. The maximum atomic E-state index is 13.5. The van der Waals surface area contributed by atoms with Crippen molar-refractivity contribution < 1.29 is 18.3 Å². The minimum Gasteiger partial charge on any atom is -0.508 e. The highest BCUT2D eigenvalue weighted by atomic mass is 32.2. The summed E-state index contributed by atoms with van der Waals surface area (Å²) in [6, 6.07) is 21.3. The van der Waals surface area contributed by atoms with E-state index in [2.05, 4.69) is 4.99 Å². The Balaban J connectivity index is 1.82. The molecule has 3 N–H and O–H groups in total. The first-order chi connectivity index (χ1) is 16.0. The van der Waals surface area contributed by atoms with Gasteiger partial charge in [0.1, 0.15) is 5.75 Å². The van der Waals surface area contributed by atoms with Gasteiger partial charge in [-0.1, -0.05) is 55.5 Å². The third-order valence-electron chi connectivity index (χ3n) is 6.34. The van der Waals surface area contributed by atoms with Crippen LogP contribution in [0.5, 0.6) is 5.75 Å². The molecule has 0 aliphatic carbocycles. The molecular formula is C26H27N3O4S. The van der Waals surface area contributed by atoms with Gasteiger partial charge in [0.05, 0.1) is 4.90 Å². The summed E-state index contributed by atoms with van der Waals surface area (Å²) in [6.07, 6.45) is 1.47. The number of likely N-dealkylation sites (N-methyl/N-ethyl adjacent to an activating group) is 1. The number of guanidine groups is 1. The van der Waals surface area contributed by atoms with Gasteiger partial charge in [0.2, 0.25) is 0 Å². The van der Waals surface area contributed by atoms with Crippen LogP contribution in [0.2, 0.25) is 0 Å². The molecule has 1 aliphatic heterocycles. The number of nitrogens with zero attached hydrogens (tertiary/aromatic N) is 2. The van der Waals surface area contributed by atoms with Gasteiger partial charge in [-0.25, -0.2) is 13.4 Å². The van der Waals surface area contributed by atoms with Gasteiger partial charge < -0.3 is 10.8 Å². The molecule has 1 heterocycles. The normalized spacial score (nSPS) is 19.2. The fraction of sp³-hybridized carbons (Fsp3) is 0.231. The van der Waals surface area contributed by atoms with Crippen LogP contribution >= 0.6 is 0 Å². The Morgan fingerprint density at radius 2 is 1.65 bits per heavy atom. The van der Waals surface area contributed by atoms with Gasteiger partial charge in [-0.05, 0) is 53.3 Å². The number of nitrogens with two attached hydrogens (primary N) is 1. The molecule has 2 atom stereocenters. The second-order valence-corrected chi connectivity index (χ2v) is 10.8. The largest absolute Gasteiger partial charge is 0.508 e. The van der Waals surface area contributed by atoms with Gasteiger partial charge in [-0.3, -0.25) is 9.69 Å². The number of amides is 1. The zero-order valence-electron chi connectivity index (χ0n) is 19.3. The number of rotatable bonds is 6. The van der Waals surface area contributed by atoms with Crippen molar-refractivity contribution >= 4 is 21.7 Å². The molecule has 0 aromatic heterocycles. The van der Waals surface area contributed by atoms with E-state index < -0.39 is 15.4 Å². The zero-order chi connectivity index (χ0) is 24.7. The van der Waals surface area contributed by atoms with Gasteiger partial charge in [-0.2, -0.15) is 0 Å². The molecule has 0 radical (unpaired) electrons. The average Bonchev–Trinajstić information content (AvgIpc) is 3.03. The topological polar surface area (TPSA) is 113 Å². The molecule has 3 aromatic carbocycles. The predicted molar refractivity (Wildman–Crippen MR) is 132 cm³/mol. The van der Waals surface area contributed by atoms with Gasteiger partial charge in [0.25, 0.3) is 5.91 Å². The SMILES string of the molecule is CC(CC1(c2cc(-c3ccc(S(C)(=O)=O)cc3)ccc2O)N=C(N)N(C)C1=O)c1ccccc1. The lowest BCUT2D eigenvalue weighted by Crippen LogP contribution is -2.41. The number of hydrogen-bond donors (Lipinski definition) is 2. The lowest BCUT2D eigenvalue weighted by Gasteiger charge is -2.29. The van der Waals surface area contributed by atoms with E-state index in [1.54, 1.807) is 31.3 Å². The summed E-state index contributed by atoms with van der Waals surface area (Å²) in [5.74, 6) is -0.331. The summed E-state index contributed by atoms with van der Waals surface area (Å²) < 4.78 is 23.6. The molecule has 4 rings (SSSR count). The average molecular weight is 478 g/mol. The Morgan fingerprint density at radius 3 is 2.21 bits per heavy atom. The molecule has 8 heteroatoms. The fourth-order valence-electron chi connectivity index (χ4n) is 4.40. The van der Waals surface area contributed by atoms with E-state index >= 15 is 0 Å². The number of carbonyl (C=O) groups excluding carboxylic acids is 1. The van der Waals surface area contributed by atoms with Gasteiger partial charge in [0.15, 0.2) is 21.3 Å². The standard InChI is InChI=1S/C26H27N3O4S/c1-17(18-7-5-4-6-8-18)16-26(24(31)29(2)25(27)28-26)22-15-20(11-14-23(22)30)19-9-12-21(13-10-19)34(3,32)33/h4-15,17,30H,16H2,1-3H3,(H2,27,28). The summed E-state index contributed by atoms with van der Waals surface area (Å²) in [5.41, 5.74) is 7.55. The lowest BCUT2D eigenvalue weighted by atomic mass is 9.78. The Morgan fingerprint density at radius 1 is 1.03 bits per heavy atom. The third kappa shape index (κ3) is 4.17. The van der Waals surface area contributed by atoms with Crippen molar-refractivity contribution in [3.8, 4) is 16.9 Å². The number of phenols is 1. The molecule has 7 nitrogen and oxygen atoms in total. The molecule has 0 spiro atoms. The van der Waals surface area contributed by atoms with Crippen LogP contribution in [0.1, 0.15) is 30.4 Å². The monoisotopic (exact) mass is 477 g/mol. The van der Waals surface area contributed by atoms with Crippen LogP contribution in [-0.2, 0) is 20.2 Å². The van der Waals surface area contributed by atoms with E-state index in [-0.39, 0.29) is 28.4 Å². The van der Waals surface area contributed by atoms with Crippen molar-refractivity contribution in [1.29, 1.82) is 0 Å². The Labute approximate surface area is 199 Å². The van der Waals surface area contributed by atoms with Crippen molar-refractivity contribution in [2.45, 2.75) is 29.7 Å². The van der Waals surface area contributed by atoms with Crippen LogP contribution in [0.3, 0.4) is 0 Å². The molecule has 0 saturated heterocycles. The van der Waals surface area contributed by atoms with E-state index in [0.717, 1.165) is 22.9 Å². The first-order valence-corrected chi connectivity index (χ1v) is 12.7. The number of aliphatic imine (C=N–C) groups is 1. The molecule has 3 aromatic rings. The van der Waals surface area contributed by atoms with Crippen LogP contribution < -0.4 is 5.73 Å². The summed E-state index contributed by atoms with van der Waals surface area (Å²) in [6.45, 7) is 2.01. The molecule has 0 fully saturated rings. The number of phenolic OH excluding ortho intramolecular Hbond substituents is 1. The number of benzene rings is 3. The van der Waals surface area contributed by atoms with Crippen LogP contribution in [0.4, 0.5) is 0 Å². The second-order valence-electron chi connectivity index (χ2n) is 8.74. The molecule has 0 saturated carbocycles. The Hall–Kier alpha value is -3.65. The number of aromatic hydroxyl groups is 1. The lowest BCUT2D eigenvalue weighted by molar-refractivity contribution is -0.131. The summed E-state index contributed by atoms with van der Waals surface area (Å²) in [4.78, 5) is 19.6. The van der Waals surface area contributed by atoms with Crippen LogP contribution in [0, 0.1) is 0 Å². The van der Waals surface area contributed by atoms with Crippen LogP contribution in [0.15, 0.2) is 82.7 Å². The number of hydrogen-bond acceptors (Lipinski definition) is 6. The molecule has 1 amide bonds. The molecular weight excluding hydrogens is 450 g/mol. The van der Waals surface area contributed by atoms with Gasteiger partial charge in [0, 0.05) is 18.9 Å². The minimum absolute atomic E-state index is 0.0506. The summed E-state index contributed by atoms with van der Waals surface area (Å²) in [5, 5.41) is 10.9. The predicted octanol–water partition coefficient (Wildman–Crippen LogP) is 3.64. The fourth-order valence-corrected chi connectivity index (χ4v) is 5.03. The van der Waals surface area contributed by atoms with Crippen LogP contribution in [0.25, 0.3) is 11.1 Å². The van der Waals surface area contributed by atoms with Crippen molar-refractivity contribution in [2.24, 2.45) is 10.7 Å². The highest BCUT2D eigenvalue weighted by Gasteiger charge is 2.50. The van der Waals surface area contributed by atoms with E-state index in [4.69, 9.17) is 5.73 Å². The Bertz CT molecular complexity index is 1370. The smallest absolute Gasteiger partial charge is 0.261 e. The van der Waals surface area contributed by atoms with E-state index in [1.807, 2.05) is 37.3 Å². The zero-order valence-corrected chi connectivity index (χ0v) is 20.1. The van der Waals surface area contributed by atoms with Crippen molar-refractivity contribution in [1.82, 2.24) is 4.90 Å². The first-order valence-electron chi connectivity index (χ1n) is 10.9. The van der Waals surface area contributed by atoms with Crippen molar-refractivity contribution in [3.05, 3.63) is 83.9 Å². The maximum Gasteiger partial charge on any atom is 0.261 e. The van der Waals surface area contributed by atoms with E-state index in [0.29, 0.717) is 12.0 Å². The first kappa shape index (κ1) is 23.5. The Kier molecular flexibility index (Phi) is 5.95. The molecule has 34 heavy (non-hydrogen) atoms. The second kappa shape index (κ2) is 8.61. The molecule has 1 aliphatic rings. The van der Waals surface area contributed by atoms with Crippen molar-refractivity contribution in [3.63, 3.8) is 0 Å². The minimum atomic E-state index is -3.32. The van der Waals surface area contributed by atoms with E-state index in [9.17, 15) is 18.3 Å².